The highest BCUT2D eigenvalue weighted by Gasteiger charge is 2.23. The number of aryl methyl sites for hydroxylation is 2. The molecule has 0 aromatic carbocycles. The van der Waals surface area contributed by atoms with Gasteiger partial charge in [0.2, 0.25) is 10.1 Å². The fourth-order valence-electron chi connectivity index (χ4n) is 2.85. The summed E-state index contributed by atoms with van der Waals surface area (Å²) < 4.78 is 3.88. The Hall–Kier alpha value is -1.96. The van der Waals surface area contributed by atoms with Crippen molar-refractivity contribution in [3.8, 4) is 0 Å². The van der Waals surface area contributed by atoms with Gasteiger partial charge in [0.15, 0.2) is 0 Å². The van der Waals surface area contributed by atoms with Gasteiger partial charge in [0.1, 0.15) is 11.6 Å². The van der Waals surface area contributed by atoms with Crippen molar-refractivity contribution < 1.29 is 0 Å². The quantitative estimate of drug-likeness (QED) is 0.781. The van der Waals surface area contributed by atoms with Gasteiger partial charge < -0.3 is 5.32 Å². The van der Waals surface area contributed by atoms with E-state index < -0.39 is 0 Å². The molecule has 4 rings (SSSR count). The highest BCUT2D eigenvalue weighted by Crippen LogP contribution is 2.27. The van der Waals surface area contributed by atoms with Crippen molar-refractivity contribution in [2.45, 2.75) is 58.5 Å². The molecular formula is C15H21N7S. The standard InChI is InChI=1S/C15H21N7S/c1-9-16-12-6-5-10(7-21(12)19-9)17-13-20-22-8-11(15(2,3)4)18-14(22)23-13/h8,10H,5-7H2,1-4H3,(H,17,20). The van der Waals surface area contributed by atoms with Crippen molar-refractivity contribution >= 4 is 21.4 Å². The van der Waals surface area contributed by atoms with Crippen LogP contribution < -0.4 is 5.32 Å². The summed E-state index contributed by atoms with van der Waals surface area (Å²) in [5.74, 6) is 1.94. The van der Waals surface area contributed by atoms with Gasteiger partial charge >= 0.3 is 0 Å². The Balaban J connectivity index is 1.51. The molecule has 0 aliphatic carbocycles. The topological polar surface area (TPSA) is 72.9 Å². The van der Waals surface area contributed by atoms with Crippen LogP contribution in [0.1, 0.15) is 44.5 Å². The Bertz CT molecular complexity index is 820. The lowest BCUT2D eigenvalue weighted by atomic mass is 9.93. The number of hydrogen-bond donors (Lipinski definition) is 1. The first-order valence-electron chi connectivity index (χ1n) is 7.92. The lowest BCUT2D eigenvalue weighted by molar-refractivity contribution is 0.440. The van der Waals surface area contributed by atoms with E-state index >= 15 is 0 Å². The molecule has 3 aromatic rings. The van der Waals surface area contributed by atoms with Crippen LogP contribution >= 0.6 is 11.3 Å². The zero-order chi connectivity index (χ0) is 16.2. The summed E-state index contributed by atoms with van der Waals surface area (Å²) in [5.41, 5.74) is 1.12. The SMILES string of the molecule is Cc1nc2n(n1)CC(Nc1nn3cc(C(C)(C)C)nc3s1)CC2. The number of nitrogens with one attached hydrogen (secondary N) is 1. The van der Waals surface area contributed by atoms with E-state index in [1.165, 1.54) is 0 Å². The molecule has 7 nitrogen and oxygen atoms in total. The van der Waals surface area contributed by atoms with Crippen LogP contribution in [0.4, 0.5) is 5.13 Å². The first-order valence-corrected chi connectivity index (χ1v) is 8.74. The molecule has 1 unspecified atom stereocenters. The predicted octanol–water partition coefficient (Wildman–Crippen LogP) is 2.42. The molecule has 0 saturated heterocycles. The molecule has 0 radical (unpaired) electrons. The molecule has 0 bridgehead atoms. The first-order chi connectivity index (χ1) is 10.9. The average Bonchev–Trinajstić information content (AvgIpc) is 3.08. The van der Waals surface area contributed by atoms with Crippen LogP contribution in [0.2, 0.25) is 0 Å². The third-order valence-corrected chi connectivity index (χ3v) is 4.96. The second kappa shape index (κ2) is 5.02. The summed E-state index contributed by atoms with van der Waals surface area (Å²) in [6.07, 6.45) is 4.03. The summed E-state index contributed by atoms with van der Waals surface area (Å²) in [6, 6.07) is 0.335. The maximum Gasteiger partial charge on any atom is 0.214 e. The summed E-state index contributed by atoms with van der Waals surface area (Å²) >= 11 is 1.60. The number of fused-ring (bicyclic) bond motifs is 2. The Labute approximate surface area is 138 Å². The number of imidazole rings is 1. The van der Waals surface area contributed by atoms with Gasteiger partial charge in [-0.25, -0.2) is 19.2 Å². The molecule has 122 valence electrons. The van der Waals surface area contributed by atoms with Crippen molar-refractivity contribution in [1.82, 2.24) is 29.4 Å². The fraction of sp³-hybridized carbons (Fsp3) is 0.600. The smallest absolute Gasteiger partial charge is 0.214 e. The third kappa shape index (κ3) is 2.71. The summed E-state index contributed by atoms with van der Waals surface area (Å²) in [6.45, 7) is 9.27. The maximum atomic E-state index is 4.69. The van der Waals surface area contributed by atoms with Crippen molar-refractivity contribution in [3.05, 3.63) is 23.5 Å². The molecule has 1 N–H and O–H groups in total. The van der Waals surface area contributed by atoms with Crippen LogP contribution in [0, 0.1) is 6.92 Å². The van der Waals surface area contributed by atoms with Gasteiger partial charge in [0.05, 0.1) is 18.4 Å². The van der Waals surface area contributed by atoms with Crippen LogP contribution in [-0.2, 0) is 18.4 Å². The molecule has 0 amide bonds. The van der Waals surface area contributed by atoms with Crippen LogP contribution in [0.25, 0.3) is 4.96 Å². The number of nitrogens with zero attached hydrogens (tertiary/aromatic N) is 6. The lowest BCUT2D eigenvalue weighted by Crippen LogP contribution is -2.31. The molecular weight excluding hydrogens is 310 g/mol. The van der Waals surface area contributed by atoms with Gasteiger partial charge in [-0.15, -0.1) is 5.10 Å². The van der Waals surface area contributed by atoms with Gasteiger partial charge in [0.25, 0.3) is 0 Å². The number of anilines is 1. The molecule has 1 atom stereocenters. The van der Waals surface area contributed by atoms with Gasteiger partial charge in [0, 0.05) is 17.9 Å². The minimum atomic E-state index is 0.0474. The van der Waals surface area contributed by atoms with E-state index in [0.717, 1.165) is 46.8 Å². The van der Waals surface area contributed by atoms with E-state index in [-0.39, 0.29) is 5.41 Å². The Kier molecular flexibility index (Phi) is 3.19. The van der Waals surface area contributed by atoms with Gasteiger partial charge in [-0.2, -0.15) is 5.10 Å². The monoisotopic (exact) mass is 331 g/mol. The van der Waals surface area contributed by atoms with Crippen LogP contribution in [0.15, 0.2) is 6.20 Å². The van der Waals surface area contributed by atoms with Crippen LogP contribution in [-0.4, -0.2) is 35.4 Å². The summed E-state index contributed by atoms with van der Waals surface area (Å²) in [4.78, 5) is 10.1. The average molecular weight is 331 g/mol. The van der Waals surface area contributed by atoms with Crippen molar-refractivity contribution in [3.63, 3.8) is 0 Å². The second-order valence-electron chi connectivity index (χ2n) is 7.15. The Morgan fingerprint density at radius 1 is 1.26 bits per heavy atom. The van der Waals surface area contributed by atoms with E-state index in [1.807, 2.05) is 22.3 Å². The highest BCUT2D eigenvalue weighted by molar-refractivity contribution is 7.20. The highest BCUT2D eigenvalue weighted by atomic mass is 32.1. The largest absolute Gasteiger partial charge is 0.355 e. The van der Waals surface area contributed by atoms with Crippen molar-refractivity contribution in [2.24, 2.45) is 0 Å². The lowest BCUT2D eigenvalue weighted by Gasteiger charge is -2.22. The van der Waals surface area contributed by atoms with E-state index in [1.54, 1.807) is 11.3 Å². The molecule has 1 aliphatic heterocycles. The summed E-state index contributed by atoms with van der Waals surface area (Å²) in [5, 5.41) is 13.5. The molecule has 8 heteroatoms. The molecule has 23 heavy (non-hydrogen) atoms. The zero-order valence-corrected chi connectivity index (χ0v) is 14.7. The molecule has 0 saturated carbocycles. The normalized spacial score (nSPS) is 18.3. The maximum absolute atomic E-state index is 4.69. The molecule has 4 heterocycles. The first kappa shape index (κ1) is 14.6. The van der Waals surface area contributed by atoms with Crippen molar-refractivity contribution in [2.75, 3.05) is 5.32 Å². The van der Waals surface area contributed by atoms with Gasteiger partial charge in [-0.3, -0.25) is 0 Å². The molecule has 1 aliphatic rings. The molecule has 0 fully saturated rings. The van der Waals surface area contributed by atoms with E-state index in [0.29, 0.717) is 6.04 Å². The zero-order valence-electron chi connectivity index (χ0n) is 13.9. The minimum Gasteiger partial charge on any atom is -0.355 e. The van der Waals surface area contributed by atoms with E-state index in [9.17, 15) is 0 Å². The Morgan fingerprint density at radius 3 is 2.83 bits per heavy atom. The van der Waals surface area contributed by atoms with Gasteiger partial charge in [-0.05, 0) is 13.3 Å². The third-order valence-electron chi connectivity index (χ3n) is 4.10. The van der Waals surface area contributed by atoms with Crippen LogP contribution in [0.5, 0.6) is 0 Å². The van der Waals surface area contributed by atoms with Gasteiger partial charge in [-0.1, -0.05) is 32.1 Å². The molecule has 0 spiro atoms. The van der Waals surface area contributed by atoms with E-state index in [2.05, 4.69) is 46.3 Å². The second-order valence-corrected chi connectivity index (χ2v) is 8.10. The van der Waals surface area contributed by atoms with E-state index in [4.69, 9.17) is 0 Å². The predicted molar refractivity (Wildman–Crippen MR) is 90.1 cm³/mol. The number of rotatable bonds is 2. The Morgan fingerprint density at radius 2 is 2.09 bits per heavy atom. The summed E-state index contributed by atoms with van der Waals surface area (Å²) in [7, 11) is 0. The number of hydrogen-bond acceptors (Lipinski definition) is 6. The molecule has 3 aromatic heterocycles. The fourth-order valence-corrected chi connectivity index (χ4v) is 3.70. The van der Waals surface area contributed by atoms with Crippen molar-refractivity contribution in [1.29, 1.82) is 0 Å². The minimum absolute atomic E-state index is 0.0474. The van der Waals surface area contributed by atoms with Crippen LogP contribution in [0.3, 0.4) is 0 Å². The number of aromatic nitrogens is 6.